The lowest BCUT2D eigenvalue weighted by molar-refractivity contribution is -0.118. The molecule has 2 aromatic rings. The number of piperazine rings is 1. The molecule has 0 unspecified atom stereocenters. The summed E-state index contributed by atoms with van der Waals surface area (Å²) in [5, 5.41) is 1.68. The summed E-state index contributed by atoms with van der Waals surface area (Å²) in [6, 6.07) is 7.52. The minimum atomic E-state index is 0.479. The Hall–Kier alpha value is -2.01. The van der Waals surface area contributed by atoms with E-state index in [0.717, 1.165) is 49.2 Å². The predicted molar refractivity (Wildman–Crippen MR) is 81.0 cm³/mol. The molecule has 0 atom stereocenters. The third-order valence-electron chi connectivity index (χ3n) is 3.57. The van der Waals surface area contributed by atoms with E-state index in [1.165, 1.54) is 0 Å². The van der Waals surface area contributed by atoms with Crippen molar-refractivity contribution in [3.63, 3.8) is 0 Å². The number of nitrogen functional groups attached to an aromatic ring is 1. The van der Waals surface area contributed by atoms with Crippen molar-refractivity contribution < 1.29 is 4.79 Å². The Morgan fingerprint density at radius 1 is 1.20 bits per heavy atom. The second kappa shape index (κ2) is 5.17. The molecule has 1 aromatic heterocycles. The topological polar surface area (TPSA) is 62.5 Å². The van der Waals surface area contributed by atoms with Crippen molar-refractivity contribution in [1.29, 1.82) is 0 Å². The zero-order chi connectivity index (χ0) is 14.1. The molecule has 1 amide bonds. The van der Waals surface area contributed by atoms with Gasteiger partial charge in [-0.1, -0.05) is 11.6 Å². The van der Waals surface area contributed by atoms with Gasteiger partial charge >= 0.3 is 0 Å². The van der Waals surface area contributed by atoms with E-state index in [-0.39, 0.29) is 0 Å². The number of benzene rings is 1. The minimum absolute atomic E-state index is 0.479. The Bertz CT molecular complexity index is 648. The van der Waals surface area contributed by atoms with Crippen LogP contribution in [-0.2, 0) is 4.79 Å². The predicted octanol–water partition coefficient (Wildman–Crippen LogP) is 1.75. The Morgan fingerprint density at radius 2 is 1.95 bits per heavy atom. The van der Waals surface area contributed by atoms with Crippen LogP contribution < -0.4 is 10.6 Å². The standard InChI is InChI=1S/C14H15ClN4O/c15-10-1-2-11-12(7-10)17-14(16)8-13(11)19-5-3-18(9-20)4-6-19/h1-2,7-9H,3-6H2,(H2,16,17). The van der Waals surface area contributed by atoms with E-state index in [1.54, 1.807) is 4.90 Å². The van der Waals surface area contributed by atoms with Crippen molar-refractivity contribution in [3.05, 3.63) is 29.3 Å². The van der Waals surface area contributed by atoms with Crippen LogP contribution in [0, 0.1) is 0 Å². The van der Waals surface area contributed by atoms with Gasteiger partial charge in [0, 0.05) is 48.3 Å². The normalized spacial score (nSPS) is 15.7. The highest BCUT2D eigenvalue weighted by molar-refractivity contribution is 6.31. The highest BCUT2D eigenvalue weighted by atomic mass is 35.5. The van der Waals surface area contributed by atoms with Crippen molar-refractivity contribution in [2.24, 2.45) is 0 Å². The fraction of sp³-hybridized carbons (Fsp3) is 0.286. The van der Waals surface area contributed by atoms with Gasteiger partial charge < -0.3 is 15.5 Å². The third-order valence-corrected chi connectivity index (χ3v) is 3.81. The molecule has 1 saturated heterocycles. The summed E-state index contributed by atoms with van der Waals surface area (Å²) < 4.78 is 0. The maximum absolute atomic E-state index is 10.8. The number of nitrogens with zero attached hydrogens (tertiary/aromatic N) is 3. The molecule has 2 heterocycles. The number of aromatic nitrogens is 1. The largest absolute Gasteiger partial charge is 0.384 e. The molecule has 0 saturated carbocycles. The average molecular weight is 291 g/mol. The monoisotopic (exact) mass is 290 g/mol. The first-order chi connectivity index (χ1) is 9.67. The van der Waals surface area contributed by atoms with Crippen molar-refractivity contribution in [2.75, 3.05) is 36.8 Å². The molecule has 0 bridgehead atoms. The van der Waals surface area contributed by atoms with Gasteiger partial charge in [-0.2, -0.15) is 0 Å². The van der Waals surface area contributed by atoms with E-state index in [0.29, 0.717) is 10.8 Å². The molecule has 1 aliphatic rings. The zero-order valence-corrected chi connectivity index (χ0v) is 11.7. The van der Waals surface area contributed by atoms with Crippen LogP contribution >= 0.6 is 11.6 Å². The molecule has 1 fully saturated rings. The zero-order valence-electron chi connectivity index (χ0n) is 10.9. The molecule has 0 aliphatic carbocycles. The lowest BCUT2D eigenvalue weighted by Gasteiger charge is -2.34. The van der Waals surface area contributed by atoms with Crippen LogP contribution in [0.3, 0.4) is 0 Å². The molecule has 20 heavy (non-hydrogen) atoms. The smallest absolute Gasteiger partial charge is 0.209 e. The highest BCUT2D eigenvalue weighted by Crippen LogP contribution is 2.30. The molecule has 3 rings (SSSR count). The van der Waals surface area contributed by atoms with Gasteiger partial charge in [-0.3, -0.25) is 4.79 Å². The van der Waals surface area contributed by atoms with Crippen LogP contribution in [0.5, 0.6) is 0 Å². The van der Waals surface area contributed by atoms with E-state index in [1.807, 2.05) is 24.3 Å². The molecular formula is C14H15ClN4O. The summed E-state index contributed by atoms with van der Waals surface area (Å²) in [5.41, 5.74) is 7.73. The van der Waals surface area contributed by atoms with Crippen LogP contribution in [0.4, 0.5) is 11.5 Å². The second-order valence-electron chi connectivity index (χ2n) is 4.86. The van der Waals surface area contributed by atoms with Crippen LogP contribution in [0.25, 0.3) is 10.9 Å². The first-order valence-electron chi connectivity index (χ1n) is 6.47. The van der Waals surface area contributed by atoms with Gasteiger partial charge in [-0.05, 0) is 18.2 Å². The number of hydrogen-bond donors (Lipinski definition) is 1. The van der Waals surface area contributed by atoms with Gasteiger partial charge in [0.2, 0.25) is 6.41 Å². The van der Waals surface area contributed by atoms with E-state index >= 15 is 0 Å². The van der Waals surface area contributed by atoms with Gasteiger partial charge in [0.15, 0.2) is 0 Å². The fourth-order valence-corrected chi connectivity index (χ4v) is 2.70. The van der Waals surface area contributed by atoms with E-state index in [4.69, 9.17) is 17.3 Å². The Kier molecular flexibility index (Phi) is 3.36. The van der Waals surface area contributed by atoms with Crippen LogP contribution in [-0.4, -0.2) is 42.5 Å². The number of anilines is 2. The number of fused-ring (bicyclic) bond motifs is 1. The quantitative estimate of drug-likeness (QED) is 0.856. The van der Waals surface area contributed by atoms with Gasteiger partial charge in [-0.15, -0.1) is 0 Å². The van der Waals surface area contributed by atoms with Crippen molar-refractivity contribution in [2.45, 2.75) is 0 Å². The molecule has 0 radical (unpaired) electrons. The summed E-state index contributed by atoms with van der Waals surface area (Å²) in [6.45, 7) is 3.03. The van der Waals surface area contributed by atoms with E-state index < -0.39 is 0 Å². The third kappa shape index (κ3) is 2.36. The van der Waals surface area contributed by atoms with Gasteiger partial charge in [-0.25, -0.2) is 4.98 Å². The van der Waals surface area contributed by atoms with Crippen LogP contribution in [0.1, 0.15) is 0 Å². The molecule has 104 valence electrons. The number of carbonyl (C=O) groups excluding carboxylic acids is 1. The summed E-state index contributed by atoms with van der Waals surface area (Å²) >= 11 is 6.01. The molecular weight excluding hydrogens is 276 g/mol. The number of hydrogen-bond acceptors (Lipinski definition) is 4. The maximum Gasteiger partial charge on any atom is 0.209 e. The molecule has 5 nitrogen and oxygen atoms in total. The van der Waals surface area contributed by atoms with Gasteiger partial charge in [0.05, 0.1) is 5.52 Å². The highest BCUT2D eigenvalue weighted by Gasteiger charge is 2.18. The van der Waals surface area contributed by atoms with Gasteiger partial charge in [0.25, 0.3) is 0 Å². The molecule has 1 aromatic carbocycles. The summed E-state index contributed by atoms with van der Waals surface area (Å²) in [7, 11) is 0. The molecule has 2 N–H and O–H groups in total. The summed E-state index contributed by atoms with van der Waals surface area (Å²) in [6.07, 6.45) is 0.899. The van der Waals surface area contributed by atoms with Crippen LogP contribution in [0.2, 0.25) is 5.02 Å². The van der Waals surface area contributed by atoms with Crippen molar-refractivity contribution >= 4 is 40.4 Å². The summed E-state index contributed by atoms with van der Waals surface area (Å²) in [5.74, 6) is 0.479. The SMILES string of the molecule is Nc1cc(N2CCN(C=O)CC2)c2ccc(Cl)cc2n1. The molecule has 0 spiro atoms. The number of halogens is 1. The number of nitrogens with two attached hydrogens (primary N) is 1. The maximum atomic E-state index is 10.8. The second-order valence-corrected chi connectivity index (χ2v) is 5.29. The van der Waals surface area contributed by atoms with Crippen molar-refractivity contribution in [3.8, 4) is 0 Å². The van der Waals surface area contributed by atoms with E-state index in [2.05, 4.69) is 9.88 Å². The number of rotatable bonds is 2. The fourth-order valence-electron chi connectivity index (χ4n) is 2.53. The van der Waals surface area contributed by atoms with Gasteiger partial charge in [0.1, 0.15) is 5.82 Å². The Labute approximate surface area is 121 Å². The number of pyridine rings is 1. The number of carbonyl (C=O) groups is 1. The van der Waals surface area contributed by atoms with Crippen LogP contribution in [0.15, 0.2) is 24.3 Å². The number of amides is 1. The summed E-state index contributed by atoms with van der Waals surface area (Å²) in [4.78, 5) is 19.1. The average Bonchev–Trinajstić information content (AvgIpc) is 2.46. The van der Waals surface area contributed by atoms with E-state index in [9.17, 15) is 4.79 Å². The first kappa shape index (κ1) is 13.0. The lowest BCUT2D eigenvalue weighted by Crippen LogP contribution is -2.45. The van der Waals surface area contributed by atoms with Crippen molar-refractivity contribution in [1.82, 2.24) is 9.88 Å². The molecule has 6 heteroatoms. The first-order valence-corrected chi connectivity index (χ1v) is 6.85. The Morgan fingerprint density at radius 3 is 2.65 bits per heavy atom. The Balaban J connectivity index is 2.01. The molecule has 1 aliphatic heterocycles. The lowest BCUT2D eigenvalue weighted by atomic mass is 10.1. The minimum Gasteiger partial charge on any atom is -0.384 e.